The summed E-state index contributed by atoms with van der Waals surface area (Å²) < 4.78 is 0. The molecular weight excluding hydrogens is 184 g/mol. The second-order valence-electron chi connectivity index (χ2n) is 3.67. The van der Waals surface area contributed by atoms with Gasteiger partial charge >= 0.3 is 0 Å². The maximum atomic E-state index is 8.93. The molecule has 0 saturated carbocycles. The Kier molecular flexibility index (Phi) is 4.02. The fourth-order valence-electron chi connectivity index (χ4n) is 1.81. The highest BCUT2D eigenvalue weighted by Crippen LogP contribution is 2.32. The van der Waals surface area contributed by atoms with Crippen LogP contribution in [0.25, 0.3) is 0 Å². The summed E-state index contributed by atoms with van der Waals surface area (Å²) in [5.41, 5.74) is 0. The maximum absolute atomic E-state index is 8.93. The number of hydrogen-bond donors (Lipinski definition) is 0. The van der Waals surface area contributed by atoms with Crippen molar-refractivity contribution in [3.8, 4) is 6.07 Å². The fraction of sp³-hybridized carbons (Fsp3) is 0.900. The van der Waals surface area contributed by atoms with Crippen LogP contribution in [-0.4, -0.2) is 23.0 Å². The molecule has 0 spiro atoms. The molecule has 1 saturated heterocycles. The van der Waals surface area contributed by atoms with Crippen LogP contribution in [0, 0.1) is 11.3 Å². The highest BCUT2D eigenvalue weighted by molar-refractivity contribution is 6.25. The number of unbranched alkanes of at least 4 members (excludes halogenated alkanes) is 2. The lowest BCUT2D eigenvalue weighted by Gasteiger charge is -2.25. The summed E-state index contributed by atoms with van der Waals surface area (Å²) in [6.07, 6.45) is 5.48. The minimum absolute atomic E-state index is 0.687. The number of alkyl halides is 1. The van der Waals surface area contributed by atoms with Crippen LogP contribution in [0.4, 0.5) is 0 Å². The summed E-state index contributed by atoms with van der Waals surface area (Å²) in [5.74, 6) is 0. The highest BCUT2D eigenvalue weighted by atomic mass is 35.5. The predicted molar refractivity (Wildman–Crippen MR) is 54.5 cm³/mol. The van der Waals surface area contributed by atoms with E-state index in [0.29, 0.717) is 0 Å². The van der Waals surface area contributed by atoms with Crippen LogP contribution in [0.15, 0.2) is 0 Å². The molecule has 0 aliphatic carbocycles. The molecule has 1 aliphatic heterocycles. The quantitative estimate of drug-likeness (QED) is 0.397. The van der Waals surface area contributed by atoms with E-state index in [1.165, 1.54) is 12.8 Å². The monoisotopic (exact) mass is 200 g/mol. The second-order valence-corrected chi connectivity index (χ2v) is 4.29. The molecule has 0 amide bonds. The number of halogens is 1. The third kappa shape index (κ3) is 2.59. The van der Waals surface area contributed by atoms with Crippen LogP contribution in [0.1, 0.15) is 39.0 Å². The third-order valence-corrected chi connectivity index (χ3v) is 3.15. The molecule has 0 aromatic heterocycles. The highest BCUT2D eigenvalue weighted by Gasteiger charge is 2.38. The molecular formula is C10H17ClN2. The average molecular weight is 201 g/mol. The molecule has 0 bridgehead atoms. The van der Waals surface area contributed by atoms with Gasteiger partial charge in [-0.25, -0.2) is 0 Å². The Hall–Kier alpha value is -0.260. The van der Waals surface area contributed by atoms with Crippen molar-refractivity contribution in [2.45, 2.75) is 44.0 Å². The third-order valence-electron chi connectivity index (χ3n) is 2.64. The van der Waals surface area contributed by atoms with Gasteiger partial charge in [0.1, 0.15) is 6.07 Å². The van der Waals surface area contributed by atoms with E-state index in [4.69, 9.17) is 16.9 Å². The molecule has 1 rings (SSSR count). The number of rotatable bonds is 4. The van der Waals surface area contributed by atoms with Gasteiger partial charge in [0, 0.05) is 13.1 Å². The van der Waals surface area contributed by atoms with Crippen molar-refractivity contribution in [1.82, 2.24) is 4.90 Å². The topological polar surface area (TPSA) is 27.0 Å². The molecule has 1 aliphatic rings. The van der Waals surface area contributed by atoms with Crippen LogP contribution in [0.2, 0.25) is 0 Å². The molecule has 0 aromatic rings. The van der Waals surface area contributed by atoms with E-state index in [1.54, 1.807) is 0 Å². The molecule has 1 fully saturated rings. The first-order valence-corrected chi connectivity index (χ1v) is 5.46. The lowest BCUT2D eigenvalue weighted by molar-refractivity contribution is 0.258. The van der Waals surface area contributed by atoms with Crippen molar-refractivity contribution in [2.75, 3.05) is 13.1 Å². The lowest BCUT2D eigenvalue weighted by atomic mass is 10.2. The second kappa shape index (κ2) is 4.83. The van der Waals surface area contributed by atoms with Crippen LogP contribution in [0.3, 0.4) is 0 Å². The zero-order valence-corrected chi connectivity index (χ0v) is 8.98. The number of nitrogens with zero attached hydrogens (tertiary/aromatic N) is 2. The van der Waals surface area contributed by atoms with Crippen LogP contribution in [-0.2, 0) is 0 Å². The van der Waals surface area contributed by atoms with Crippen molar-refractivity contribution in [1.29, 1.82) is 5.26 Å². The van der Waals surface area contributed by atoms with E-state index in [2.05, 4.69) is 17.9 Å². The average Bonchev–Trinajstić information content (AvgIpc) is 2.50. The van der Waals surface area contributed by atoms with E-state index < -0.39 is 5.00 Å². The van der Waals surface area contributed by atoms with Gasteiger partial charge in [-0.05, 0) is 19.3 Å². The minimum Gasteiger partial charge on any atom is -0.273 e. The molecule has 3 heteroatoms. The Morgan fingerprint density at radius 2 is 2.31 bits per heavy atom. The van der Waals surface area contributed by atoms with Gasteiger partial charge in [-0.1, -0.05) is 31.4 Å². The summed E-state index contributed by atoms with van der Waals surface area (Å²) >= 11 is 6.16. The summed E-state index contributed by atoms with van der Waals surface area (Å²) in [6, 6.07) is 2.21. The summed E-state index contributed by atoms with van der Waals surface area (Å²) in [6.45, 7) is 4.15. The molecule has 0 N–H and O–H groups in total. The molecule has 2 nitrogen and oxygen atoms in total. The molecule has 0 aromatic carbocycles. The number of nitriles is 1. The standard InChI is InChI=1S/C10H17ClN2/c1-2-3-4-7-13-8-5-6-10(13,11)9-12/h2-8H2,1H3. The first kappa shape index (κ1) is 10.8. The minimum atomic E-state index is -0.687. The van der Waals surface area contributed by atoms with E-state index in [9.17, 15) is 0 Å². The van der Waals surface area contributed by atoms with Gasteiger partial charge in [-0.3, -0.25) is 4.90 Å². The zero-order chi connectivity index (χ0) is 9.73. The Bertz CT molecular complexity index is 200. The Morgan fingerprint density at radius 3 is 2.92 bits per heavy atom. The van der Waals surface area contributed by atoms with Crippen LogP contribution in [0.5, 0.6) is 0 Å². The smallest absolute Gasteiger partial charge is 0.183 e. The van der Waals surface area contributed by atoms with Gasteiger partial charge in [0.05, 0.1) is 0 Å². The Morgan fingerprint density at radius 1 is 1.54 bits per heavy atom. The lowest BCUT2D eigenvalue weighted by Crippen LogP contribution is -2.37. The predicted octanol–water partition coefficient (Wildman–Crippen LogP) is 2.73. The van der Waals surface area contributed by atoms with E-state index in [-0.39, 0.29) is 0 Å². The largest absolute Gasteiger partial charge is 0.273 e. The van der Waals surface area contributed by atoms with E-state index in [1.807, 2.05) is 0 Å². The van der Waals surface area contributed by atoms with Crippen molar-refractivity contribution < 1.29 is 0 Å². The van der Waals surface area contributed by atoms with E-state index in [0.717, 1.165) is 32.4 Å². The normalized spacial score (nSPS) is 29.0. The SMILES string of the molecule is CCCCCN1CCCC1(Cl)C#N. The maximum Gasteiger partial charge on any atom is 0.183 e. The van der Waals surface area contributed by atoms with Gasteiger partial charge < -0.3 is 0 Å². The van der Waals surface area contributed by atoms with Crippen molar-refractivity contribution in [3.05, 3.63) is 0 Å². The number of hydrogen-bond acceptors (Lipinski definition) is 2. The molecule has 74 valence electrons. The van der Waals surface area contributed by atoms with Crippen molar-refractivity contribution in [3.63, 3.8) is 0 Å². The zero-order valence-electron chi connectivity index (χ0n) is 8.22. The van der Waals surface area contributed by atoms with Crippen molar-refractivity contribution >= 4 is 11.6 Å². The number of likely N-dealkylation sites (tertiary alicyclic amines) is 1. The first-order valence-electron chi connectivity index (χ1n) is 5.08. The van der Waals surface area contributed by atoms with Gasteiger partial charge in [-0.2, -0.15) is 5.26 Å². The molecule has 1 unspecified atom stereocenters. The van der Waals surface area contributed by atoms with Gasteiger partial charge in [0.2, 0.25) is 0 Å². The summed E-state index contributed by atoms with van der Waals surface area (Å²) in [5, 5.41) is 8.93. The Labute approximate surface area is 85.5 Å². The first-order chi connectivity index (χ1) is 6.23. The molecule has 1 atom stereocenters. The molecule has 1 heterocycles. The fourth-order valence-corrected chi connectivity index (χ4v) is 2.11. The Balaban J connectivity index is 2.37. The summed E-state index contributed by atoms with van der Waals surface area (Å²) in [7, 11) is 0. The van der Waals surface area contributed by atoms with Gasteiger partial charge in [0.15, 0.2) is 5.00 Å². The molecule has 0 radical (unpaired) electrons. The summed E-state index contributed by atoms with van der Waals surface area (Å²) in [4.78, 5) is 1.43. The molecule has 13 heavy (non-hydrogen) atoms. The van der Waals surface area contributed by atoms with Gasteiger partial charge in [-0.15, -0.1) is 0 Å². The van der Waals surface area contributed by atoms with Crippen LogP contribution >= 0.6 is 11.6 Å². The van der Waals surface area contributed by atoms with Crippen molar-refractivity contribution in [2.24, 2.45) is 0 Å². The van der Waals surface area contributed by atoms with Crippen LogP contribution < -0.4 is 0 Å². The van der Waals surface area contributed by atoms with E-state index >= 15 is 0 Å². The van der Waals surface area contributed by atoms with Gasteiger partial charge in [0.25, 0.3) is 0 Å².